The highest BCUT2D eigenvalue weighted by Gasteiger charge is 2.13. The maximum Gasteiger partial charge on any atom is 0.230 e. The van der Waals surface area contributed by atoms with Gasteiger partial charge < -0.3 is 29.4 Å². The van der Waals surface area contributed by atoms with Crippen molar-refractivity contribution in [1.82, 2.24) is 9.97 Å². The molecule has 0 bridgehead atoms. The van der Waals surface area contributed by atoms with Crippen LogP contribution in [0.15, 0.2) is 60.9 Å². The maximum absolute atomic E-state index is 12.5. The van der Waals surface area contributed by atoms with Gasteiger partial charge in [-0.15, -0.1) is 0 Å². The van der Waals surface area contributed by atoms with Gasteiger partial charge in [0.2, 0.25) is 11.8 Å². The first-order chi connectivity index (χ1) is 17.0. The molecule has 180 valence electrons. The third-order valence-electron chi connectivity index (χ3n) is 5.34. The van der Waals surface area contributed by atoms with Gasteiger partial charge in [0.15, 0.2) is 11.5 Å². The fraction of sp³-hybridized carbons (Fsp3) is 0.192. The van der Waals surface area contributed by atoms with E-state index in [0.29, 0.717) is 51.0 Å². The Morgan fingerprint density at radius 2 is 1.60 bits per heavy atom. The van der Waals surface area contributed by atoms with Crippen molar-refractivity contribution in [3.8, 4) is 28.9 Å². The van der Waals surface area contributed by atoms with Crippen LogP contribution in [-0.2, 0) is 17.8 Å². The van der Waals surface area contributed by atoms with Crippen molar-refractivity contribution >= 4 is 22.5 Å². The van der Waals surface area contributed by atoms with E-state index in [0.717, 1.165) is 5.56 Å². The Hall–Kier alpha value is -4.37. The van der Waals surface area contributed by atoms with Crippen LogP contribution in [0.25, 0.3) is 10.9 Å². The minimum atomic E-state index is -0.185. The van der Waals surface area contributed by atoms with E-state index in [9.17, 15) is 9.90 Å². The highest BCUT2D eigenvalue weighted by Crippen LogP contribution is 2.35. The molecule has 4 rings (SSSR count). The van der Waals surface area contributed by atoms with Crippen LogP contribution in [0, 0.1) is 0 Å². The van der Waals surface area contributed by atoms with Gasteiger partial charge in [-0.25, -0.2) is 9.97 Å². The fourth-order valence-corrected chi connectivity index (χ4v) is 3.60. The van der Waals surface area contributed by atoms with E-state index in [1.54, 1.807) is 56.7 Å². The standard InChI is InChI=1S/C26H25N3O6/c1-32-22-9-6-18(11-17(22)14-30)29-25(31)10-16-4-7-19(8-5-16)35-26-20-12-23(33-2)24(34-3)13-21(20)27-15-28-26/h4-9,11-13,15,30H,10,14H2,1-3H3,(H,29,31). The Morgan fingerprint density at radius 3 is 2.29 bits per heavy atom. The van der Waals surface area contributed by atoms with Crippen LogP contribution in [0.1, 0.15) is 11.1 Å². The summed E-state index contributed by atoms with van der Waals surface area (Å²) in [6, 6.07) is 15.8. The number of aliphatic hydroxyl groups is 1. The molecule has 0 unspecified atom stereocenters. The number of fused-ring (bicyclic) bond motifs is 1. The van der Waals surface area contributed by atoms with Crippen molar-refractivity contribution in [2.75, 3.05) is 26.6 Å². The van der Waals surface area contributed by atoms with Crippen LogP contribution in [0.4, 0.5) is 5.69 Å². The zero-order chi connectivity index (χ0) is 24.8. The zero-order valence-corrected chi connectivity index (χ0v) is 19.6. The number of benzene rings is 3. The molecule has 0 aliphatic heterocycles. The van der Waals surface area contributed by atoms with Crippen molar-refractivity contribution < 1.29 is 28.8 Å². The molecule has 0 saturated heterocycles. The summed E-state index contributed by atoms with van der Waals surface area (Å²) in [4.78, 5) is 21.0. The Bertz CT molecular complexity index is 1340. The van der Waals surface area contributed by atoms with Gasteiger partial charge in [0.1, 0.15) is 17.8 Å². The zero-order valence-electron chi connectivity index (χ0n) is 19.6. The monoisotopic (exact) mass is 475 g/mol. The van der Waals surface area contributed by atoms with E-state index in [2.05, 4.69) is 15.3 Å². The first-order valence-corrected chi connectivity index (χ1v) is 10.8. The van der Waals surface area contributed by atoms with Crippen LogP contribution in [-0.4, -0.2) is 42.3 Å². The average molecular weight is 476 g/mol. The number of rotatable bonds is 9. The minimum absolute atomic E-state index is 0.175. The molecule has 1 aromatic heterocycles. The molecule has 0 aliphatic rings. The number of aliphatic hydroxyl groups excluding tert-OH is 1. The second-order valence-electron chi connectivity index (χ2n) is 7.56. The summed E-state index contributed by atoms with van der Waals surface area (Å²) < 4.78 is 21.9. The molecular weight excluding hydrogens is 450 g/mol. The number of nitrogens with one attached hydrogen (secondary N) is 1. The number of hydrogen-bond donors (Lipinski definition) is 2. The molecule has 4 aromatic rings. The van der Waals surface area contributed by atoms with Crippen molar-refractivity contribution in [3.05, 3.63) is 72.1 Å². The third kappa shape index (κ3) is 5.42. The first kappa shape index (κ1) is 23.8. The highest BCUT2D eigenvalue weighted by atomic mass is 16.5. The van der Waals surface area contributed by atoms with E-state index in [1.165, 1.54) is 13.4 Å². The van der Waals surface area contributed by atoms with Crippen LogP contribution < -0.4 is 24.3 Å². The van der Waals surface area contributed by atoms with Gasteiger partial charge in [-0.3, -0.25) is 4.79 Å². The lowest BCUT2D eigenvalue weighted by atomic mass is 10.1. The second-order valence-corrected chi connectivity index (χ2v) is 7.56. The summed E-state index contributed by atoms with van der Waals surface area (Å²) in [5.74, 6) is 2.43. The maximum atomic E-state index is 12.5. The Morgan fingerprint density at radius 1 is 0.886 bits per heavy atom. The number of nitrogens with zero attached hydrogens (tertiary/aromatic N) is 2. The molecule has 3 aromatic carbocycles. The molecule has 35 heavy (non-hydrogen) atoms. The molecule has 0 saturated carbocycles. The first-order valence-electron chi connectivity index (χ1n) is 10.8. The molecule has 2 N–H and O–H groups in total. The molecule has 0 fully saturated rings. The number of carbonyl (C=O) groups is 1. The molecule has 1 amide bonds. The number of anilines is 1. The fourth-order valence-electron chi connectivity index (χ4n) is 3.60. The van der Waals surface area contributed by atoms with Crippen molar-refractivity contribution in [2.45, 2.75) is 13.0 Å². The highest BCUT2D eigenvalue weighted by molar-refractivity contribution is 5.92. The predicted molar refractivity (Wildman–Crippen MR) is 130 cm³/mol. The summed E-state index contributed by atoms with van der Waals surface area (Å²) in [6.07, 6.45) is 1.60. The molecule has 0 spiro atoms. The van der Waals surface area contributed by atoms with Gasteiger partial charge in [0.25, 0.3) is 0 Å². The number of carbonyl (C=O) groups excluding carboxylic acids is 1. The SMILES string of the molecule is COc1ccc(NC(=O)Cc2ccc(Oc3ncnc4cc(OC)c(OC)cc34)cc2)cc1CO. The van der Waals surface area contributed by atoms with E-state index in [1.807, 2.05) is 12.1 Å². The number of hydrogen-bond acceptors (Lipinski definition) is 8. The van der Waals surface area contributed by atoms with Crippen molar-refractivity contribution in [3.63, 3.8) is 0 Å². The smallest absolute Gasteiger partial charge is 0.230 e. The van der Waals surface area contributed by atoms with E-state index in [-0.39, 0.29) is 18.9 Å². The molecule has 9 nitrogen and oxygen atoms in total. The van der Waals surface area contributed by atoms with Crippen LogP contribution in [0.2, 0.25) is 0 Å². The lowest BCUT2D eigenvalue weighted by Crippen LogP contribution is -2.14. The Balaban J connectivity index is 1.45. The van der Waals surface area contributed by atoms with Gasteiger partial charge in [-0.2, -0.15) is 0 Å². The lowest BCUT2D eigenvalue weighted by Gasteiger charge is -2.12. The van der Waals surface area contributed by atoms with Crippen molar-refractivity contribution in [1.29, 1.82) is 0 Å². The summed E-state index contributed by atoms with van der Waals surface area (Å²) in [7, 11) is 4.65. The Kier molecular flexibility index (Phi) is 7.27. The molecule has 9 heteroatoms. The summed E-state index contributed by atoms with van der Waals surface area (Å²) in [5, 5.41) is 13.0. The van der Waals surface area contributed by atoms with E-state index >= 15 is 0 Å². The third-order valence-corrected chi connectivity index (χ3v) is 5.34. The van der Waals surface area contributed by atoms with E-state index in [4.69, 9.17) is 18.9 Å². The number of methoxy groups -OCH3 is 3. The molecule has 0 aliphatic carbocycles. The number of ether oxygens (including phenoxy) is 4. The minimum Gasteiger partial charge on any atom is -0.496 e. The largest absolute Gasteiger partial charge is 0.496 e. The number of amides is 1. The average Bonchev–Trinajstić information content (AvgIpc) is 2.89. The normalized spacial score (nSPS) is 10.6. The van der Waals surface area contributed by atoms with Crippen LogP contribution >= 0.6 is 0 Å². The van der Waals surface area contributed by atoms with Gasteiger partial charge in [-0.1, -0.05) is 12.1 Å². The second kappa shape index (κ2) is 10.7. The summed E-state index contributed by atoms with van der Waals surface area (Å²) in [6.45, 7) is -0.184. The van der Waals surface area contributed by atoms with Crippen LogP contribution in [0.3, 0.4) is 0 Å². The lowest BCUT2D eigenvalue weighted by molar-refractivity contribution is -0.115. The van der Waals surface area contributed by atoms with Gasteiger partial charge >= 0.3 is 0 Å². The van der Waals surface area contributed by atoms with Gasteiger partial charge in [0, 0.05) is 17.3 Å². The Labute approximate surface area is 202 Å². The van der Waals surface area contributed by atoms with E-state index < -0.39 is 0 Å². The van der Waals surface area contributed by atoms with Gasteiger partial charge in [-0.05, 0) is 42.0 Å². The van der Waals surface area contributed by atoms with Gasteiger partial charge in [0.05, 0.1) is 45.3 Å². The summed E-state index contributed by atoms with van der Waals surface area (Å²) in [5.41, 5.74) is 2.65. The topological polar surface area (TPSA) is 112 Å². The molecule has 1 heterocycles. The molecule has 0 atom stereocenters. The molecular formula is C26H25N3O6. The van der Waals surface area contributed by atoms with Crippen LogP contribution in [0.5, 0.6) is 28.9 Å². The summed E-state index contributed by atoms with van der Waals surface area (Å²) >= 11 is 0. The number of aromatic nitrogens is 2. The predicted octanol–water partition coefficient (Wildman–Crippen LogP) is 4.12. The molecule has 0 radical (unpaired) electrons. The quantitative estimate of drug-likeness (QED) is 0.372. The van der Waals surface area contributed by atoms with Crippen molar-refractivity contribution in [2.24, 2.45) is 0 Å².